The zero-order chi connectivity index (χ0) is 7.40. The maximum Gasteiger partial charge on any atom is 0.179 e. The van der Waals surface area contributed by atoms with Crippen LogP contribution in [-0.2, 0) is 4.79 Å². The molecular weight excluding hydrogens is 128 g/mol. The van der Waals surface area contributed by atoms with E-state index in [2.05, 4.69) is 10.6 Å². The number of rotatable bonds is 3. The Balaban J connectivity index is 2.33. The van der Waals surface area contributed by atoms with Gasteiger partial charge in [0.05, 0.1) is 6.54 Å². The third-order valence-electron chi connectivity index (χ3n) is 1.54. The first-order valence-corrected chi connectivity index (χ1v) is 3.45. The van der Waals surface area contributed by atoms with Gasteiger partial charge in [0.25, 0.3) is 0 Å². The van der Waals surface area contributed by atoms with Gasteiger partial charge in [-0.25, -0.2) is 0 Å². The first-order valence-electron chi connectivity index (χ1n) is 3.45. The van der Waals surface area contributed by atoms with Crippen LogP contribution in [0.3, 0.4) is 0 Å². The molecule has 1 rings (SSSR count). The number of carbonyl (C=O) groups is 1. The van der Waals surface area contributed by atoms with Gasteiger partial charge in [-0.15, -0.1) is 0 Å². The van der Waals surface area contributed by atoms with Gasteiger partial charge in [-0.3, -0.25) is 4.79 Å². The molecule has 0 saturated carbocycles. The minimum Gasteiger partial charge on any atom is -0.383 e. The van der Waals surface area contributed by atoms with E-state index < -0.39 is 0 Å². The molecule has 1 aliphatic heterocycles. The van der Waals surface area contributed by atoms with Crippen molar-refractivity contribution >= 4 is 5.78 Å². The van der Waals surface area contributed by atoms with Crippen molar-refractivity contribution in [3.63, 3.8) is 0 Å². The minimum atomic E-state index is 0.232. The van der Waals surface area contributed by atoms with Crippen LogP contribution in [0.1, 0.15) is 6.42 Å². The van der Waals surface area contributed by atoms with Crippen molar-refractivity contribution in [2.24, 2.45) is 0 Å². The van der Waals surface area contributed by atoms with E-state index in [-0.39, 0.29) is 5.78 Å². The van der Waals surface area contributed by atoms with Crippen LogP contribution in [0.15, 0.2) is 11.8 Å². The van der Waals surface area contributed by atoms with Crippen LogP contribution in [0.25, 0.3) is 0 Å². The van der Waals surface area contributed by atoms with Crippen LogP contribution in [0, 0.1) is 0 Å². The number of nitrogens with one attached hydrogen (secondary N) is 2. The first-order chi connectivity index (χ1) is 4.84. The average molecular weight is 140 g/mol. The predicted molar refractivity (Wildman–Crippen MR) is 39.6 cm³/mol. The molecule has 0 radical (unpaired) electrons. The summed E-state index contributed by atoms with van der Waals surface area (Å²) in [5.41, 5.74) is 0.911. The first kappa shape index (κ1) is 7.28. The summed E-state index contributed by atoms with van der Waals surface area (Å²) in [5.74, 6) is 0.232. The topological polar surface area (TPSA) is 41.1 Å². The van der Waals surface area contributed by atoms with Crippen LogP contribution >= 0.6 is 0 Å². The summed E-state index contributed by atoms with van der Waals surface area (Å²) in [7, 11) is 1.88. The van der Waals surface area contributed by atoms with E-state index in [1.54, 1.807) is 6.20 Å². The molecule has 0 aromatic heterocycles. The fourth-order valence-electron chi connectivity index (χ4n) is 0.932. The second kappa shape index (κ2) is 3.37. The van der Waals surface area contributed by atoms with Gasteiger partial charge in [0.1, 0.15) is 0 Å². The van der Waals surface area contributed by atoms with Crippen LogP contribution in [0.4, 0.5) is 0 Å². The minimum absolute atomic E-state index is 0.232. The average Bonchev–Trinajstić information content (AvgIpc) is 2.31. The van der Waals surface area contributed by atoms with Crippen molar-refractivity contribution in [3.05, 3.63) is 11.8 Å². The van der Waals surface area contributed by atoms with Gasteiger partial charge in [0, 0.05) is 11.8 Å². The molecule has 0 aromatic carbocycles. The standard InChI is InChI=1S/C7H12N2O/c1-8-3-2-6-4-9-5-7(6)10/h4,8-9H,2-3,5H2,1H3. The molecule has 3 nitrogen and oxygen atoms in total. The zero-order valence-electron chi connectivity index (χ0n) is 6.11. The molecule has 0 unspecified atom stereocenters. The lowest BCUT2D eigenvalue weighted by molar-refractivity contribution is -0.114. The highest BCUT2D eigenvalue weighted by molar-refractivity contribution is 5.98. The summed E-state index contributed by atoms with van der Waals surface area (Å²) in [6.07, 6.45) is 2.64. The Labute approximate surface area is 60.5 Å². The molecule has 10 heavy (non-hydrogen) atoms. The molecule has 0 aromatic rings. The van der Waals surface area contributed by atoms with Crippen molar-refractivity contribution in [1.29, 1.82) is 0 Å². The normalized spacial score (nSPS) is 16.9. The van der Waals surface area contributed by atoms with E-state index in [0.717, 1.165) is 18.5 Å². The molecule has 0 spiro atoms. The van der Waals surface area contributed by atoms with Crippen molar-refractivity contribution < 1.29 is 4.79 Å². The monoisotopic (exact) mass is 140 g/mol. The molecule has 1 heterocycles. The van der Waals surface area contributed by atoms with Gasteiger partial charge in [-0.1, -0.05) is 0 Å². The lowest BCUT2D eigenvalue weighted by Gasteiger charge is -1.96. The maximum atomic E-state index is 10.9. The van der Waals surface area contributed by atoms with E-state index in [0.29, 0.717) is 6.54 Å². The summed E-state index contributed by atoms with van der Waals surface area (Å²) in [5, 5.41) is 5.89. The van der Waals surface area contributed by atoms with Crippen LogP contribution in [0.2, 0.25) is 0 Å². The number of hydrogen-bond acceptors (Lipinski definition) is 3. The summed E-state index contributed by atoms with van der Waals surface area (Å²) in [4.78, 5) is 10.9. The second-order valence-electron chi connectivity index (χ2n) is 2.33. The number of carbonyl (C=O) groups excluding carboxylic acids is 1. The molecule has 0 fully saturated rings. The molecule has 0 amide bonds. The summed E-state index contributed by atoms with van der Waals surface area (Å²) in [6.45, 7) is 1.36. The fraction of sp³-hybridized carbons (Fsp3) is 0.571. The van der Waals surface area contributed by atoms with E-state index in [9.17, 15) is 4.79 Å². The van der Waals surface area contributed by atoms with Gasteiger partial charge in [-0.2, -0.15) is 0 Å². The SMILES string of the molecule is CNCCC1=CNCC1=O. The number of Topliss-reactive ketones (excluding diaryl/α,β-unsaturated/α-hetero) is 1. The highest BCUT2D eigenvalue weighted by Gasteiger charge is 2.12. The molecule has 0 bridgehead atoms. The predicted octanol–water partition coefficient (Wildman–Crippen LogP) is -0.348. The molecule has 3 heteroatoms. The number of hydrogen-bond donors (Lipinski definition) is 2. The lowest BCUT2D eigenvalue weighted by atomic mass is 10.1. The third kappa shape index (κ3) is 1.57. The highest BCUT2D eigenvalue weighted by Crippen LogP contribution is 2.04. The summed E-state index contributed by atoms with van der Waals surface area (Å²) < 4.78 is 0. The molecular formula is C7H12N2O. The molecule has 0 atom stereocenters. The molecule has 56 valence electrons. The third-order valence-corrected chi connectivity index (χ3v) is 1.54. The van der Waals surface area contributed by atoms with E-state index in [4.69, 9.17) is 0 Å². The zero-order valence-corrected chi connectivity index (χ0v) is 6.11. The smallest absolute Gasteiger partial charge is 0.179 e. The van der Waals surface area contributed by atoms with Gasteiger partial charge in [0.2, 0.25) is 0 Å². The quantitative estimate of drug-likeness (QED) is 0.563. The van der Waals surface area contributed by atoms with E-state index >= 15 is 0 Å². The van der Waals surface area contributed by atoms with Gasteiger partial charge in [-0.05, 0) is 20.0 Å². The lowest BCUT2D eigenvalue weighted by Crippen LogP contribution is -2.12. The largest absolute Gasteiger partial charge is 0.383 e. The number of ketones is 1. The van der Waals surface area contributed by atoms with E-state index in [1.807, 2.05) is 7.05 Å². The molecule has 1 aliphatic rings. The Bertz CT molecular complexity index is 163. The Morgan fingerprint density at radius 3 is 3.10 bits per heavy atom. The maximum absolute atomic E-state index is 10.9. The van der Waals surface area contributed by atoms with E-state index in [1.165, 1.54) is 0 Å². The van der Waals surface area contributed by atoms with Gasteiger partial charge >= 0.3 is 0 Å². The summed E-state index contributed by atoms with van der Waals surface area (Å²) >= 11 is 0. The van der Waals surface area contributed by atoms with Crippen LogP contribution < -0.4 is 10.6 Å². The van der Waals surface area contributed by atoms with Crippen molar-refractivity contribution in [3.8, 4) is 0 Å². The Kier molecular flexibility index (Phi) is 2.45. The van der Waals surface area contributed by atoms with Crippen LogP contribution in [-0.4, -0.2) is 25.9 Å². The van der Waals surface area contributed by atoms with Crippen LogP contribution in [0.5, 0.6) is 0 Å². The van der Waals surface area contributed by atoms with Crippen molar-refractivity contribution in [2.45, 2.75) is 6.42 Å². The Morgan fingerprint density at radius 2 is 2.60 bits per heavy atom. The molecule has 2 N–H and O–H groups in total. The Hall–Kier alpha value is -0.830. The summed E-state index contributed by atoms with van der Waals surface area (Å²) in [6, 6.07) is 0. The van der Waals surface area contributed by atoms with Crippen molar-refractivity contribution in [2.75, 3.05) is 20.1 Å². The molecule has 0 saturated heterocycles. The Morgan fingerprint density at radius 1 is 1.80 bits per heavy atom. The fourth-order valence-corrected chi connectivity index (χ4v) is 0.932. The second-order valence-corrected chi connectivity index (χ2v) is 2.33. The molecule has 0 aliphatic carbocycles. The van der Waals surface area contributed by atoms with Gasteiger partial charge < -0.3 is 10.6 Å². The highest BCUT2D eigenvalue weighted by atomic mass is 16.1. The van der Waals surface area contributed by atoms with Crippen molar-refractivity contribution in [1.82, 2.24) is 10.6 Å². The van der Waals surface area contributed by atoms with Gasteiger partial charge in [0.15, 0.2) is 5.78 Å².